The summed E-state index contributed by atoms with van der Waals surface area (Å²) in [5, 5.41) is 13.5. The van der Waals surface area contributed by atoms with Gasteiger partial charge < -0.3 is 10.4 Å². The van der Waals surface area contributed by atoms with Crippen LogP contribution in [0.25, 0.3) is 0 Å². The first-order valence-electron chi connectivity index (χ1n) is 7.39. The highest BCUT2D eigenvalue weighted by molar-refractivity contribution is 6.30. The summed E-state index contributed by atoms with van der Waals surface area (Å²) in [5.41, 5.74) is 1.96. The molecular formula is C18H20ClNO2. The molecule has 22 heavy (non-hydrogen) atoms. The molecule has 0 aliphatic carbocycles. The Kier molecular flexibility index (Phi) is 6.44. The summed E-state index contributed by atoms with van der Waals surface area (Å²) in [6.45, 7) is 0.600. The van der Waals surface area contributed by atoms with Crippen molar-refractivity contribution in [1.82, 2.24) is 5.32 Å². The number of benzene rings is 2. The highest BCUT2D eigenvalue weighted by atomic mass is 35.5. The molecule has 1 unspecified atom stereocenters. The van der Waals surface area contributed by atoms with Gasteiger partial charge in [-0.1, -0.05) is 54.1 Å². The predicted octanol–water partition coefficient (Wildman–Crippen LogP) is 3.51. The zero-order valence-electron chi connectivity index (χ0n) is 12.3. The van der Waals surface area contributed by atoms with E-state index in [2.05, 4.69) is 5.32 Å². The number of hydrogen-bond donors (Lipinski definition) is 2. The van der Waals surface area contributed by atoms with Gasteiger partial charge >= 0.3 is 0 Å². The molecule has 116 valence electrons. The zero-order valence-corrected chi connectivity index (χ0v) is 13.1. The van der Waals surface area contributed by atoms with Crippen molar-refractivity contribution in [3.63, 3.8) is 0 Å². The highest BCUT2D eigenvalue weighted by Crippen LogP contribution is 2.15. The van der Waals surface area contributed by atoms with Gasteiger partial charge in [-0.05, 0) is 36.1 Å². The fourth-order valence-electron chi connectivity index (χ4n) is 2.21. The lowest BCUT2D eigenvalue weighted by molar-refractivity contribution is -0.123. The van der Waals surface area contributed by atoms with E-state index in [1.54, 1.807) is 0 Å². The van der Waals surface area contributed by atoms with E-state index in [0.717, 1.165) is 23.4 Å². The Balaban J connectivity index is 1.66. The zero-order chi connectivity index (χ0) is 15.8. The number of aliphatic hydroxyl groups excluding tert-OH is 1. The average Bonchev–Trinajstić information content (AvgIpc) is 2.54. The molecular weight excluding hydrogens is 298 g/mol. The number of aryl methyl sites for hydroxylation is 1. The molecule has 0 aliphatic rings. The van der Waals surface area contributed by atoms with Crippen LogP contribution in [0.15, 0.2) is 54.6 Å². The van der Waals surface area contributed by atoms with Crippen LogP contribution in [0.3, 0.4) is 0 Å². The minimum absolute atomic E-state index is 0.0883. The molecule has 2 rings (SSSR count). The molecule has 2 N–H and O–H groups in total. The van der Waals surface area contributed by atoms with Crippen molar-refractivity contribution in [1.29, 1.82) is 0 Å². The first-order chi connectivity index (χ1) is 10.6. The number of nitrogens with one attached hydrogen (secondary N) is 1. The van der Waals surface area contributed by atoms with Crippen LogP contribution in [0.4, 0.5) is 0 Å². The Bertz CT molecular complexity index is 584. The second kappa shape index (κ2) is 8.57. The molecule has 0 spiro atoms. The molecule has 0 fully saturated rings. The van der Waals surface area contributed by atoms with E-state index < -0.39 is 6.10 Å². The van der Waals surface area contributed by atoms with Crippen molar-refractivity contribution in [2.24, 2.45) is 0 Å². The van der Waals surface area contributed by atoms with Crippen LogP contribution in [0.2, 0.25) is 5.02 Å². The topological polar surface area (TPSA) is 49.3 Å². The molecule has 0 saturated carbocycles. The van der Waals surface area contributed by atoms with Gasteiger partial charge in [0.05, 0.1) is 12.5 Å². The third-order valence-corrected chi connectivity index (χ3v) is 3.69. The van der Waals surface area contributed by atoms with Crippen molar-refractivity contribution in [2.75, 3.05) is 6.54 Å². The number of amides is 1. The number of halogens is 1. The molecule has 0 heterocycles. The normalized spacial score (nSPS) is 11.9. The number of carbonyl (C=O) groups excluding carboxylic acids is 1. The minimum atomic E-state index is -0.752. The molecule has 0 aliphatic heterocycles. The van der Waals surface area contributed by atoms with Gasteiger partial charge in [-0.2, -0.15) is 0 Å². The van der Waals surface area contributed by atoms with Gasteiger partial charge in [0.15, 0.2) is 0 Å². The van der Waals surface area contributed by atoms with Gasteiger partial charge in [0, 0.05) is 11.6 Å². The summed E-state index contributed by atoms with van der Waals surface area (Å²) in [7, 11) is 0. The molecule has 4 heteroatoms. The number of aliphatic hydroxyl groups is 1. The highest BCUT2D eigenvalue weighted by Gasteiger charge is 2.11. The maximum absolute atomic E-state index is 11.8. The van der Waals surface area contributed by atoms with Crippen LogP contribution < -0.4 is 5.32 Å². The largest absolute Gasteiger partial charge is 0.388 e. The molecule has 2 aromatic rings. The summed E-state index contributed by atoms with van der Waals surface area (Å²) in [4.78, 5) is 11.8. The van der Waals surface area contributed by atoms with E-state index in [1.165, 1.54) is 5.56 Å². The second-order valence-corrected chi connectivity index (χ2v) is 5.65. The monoisotopic (exact) mass is 317 g/mol. The van der Waals surface area contributed by atoms with E-state index in [-0.39, 0.29) is 12.3 Å². The Morgan fingerprint density at radius 1 is 1.09 bits per heavy atom. The van der Waals surface area contributed by atoms with Crippen LogP contribution in [-0.2, 0) is 11.2 Å². The van der Waals surface area contributed by atoms with Crippen molar-refractivity contribution in [3.05, 3.63) is 70.7 Å². The van der Waals surface area contributed by atoms with Gasteiger partial charge in [0.1, 0.15) is 0 Å². The van der Waals surface area contributed by atoms with Crippen LogP contribution in [0, 0.1) is 0 Å². The van der Waals surface area contributed by atoms with Gasteiger partial charge in [-0.15, -0.1) is 0 Å². The second-order valence-electron chi connectivity index (χ2n) is 5.21. The molecule has 1 atom stereocenters. The fraction of sp³-hybridized carbons (Fsp3) is 0.278. The van der Waals surface area contributed by atoms with Crippen LogP contribution in [-0.4, -0.2) is 17.6 Å². The summed E-state index contributed by atoms with van der Waals surface area (Å²) in [5.74, 6) is -0.132. The first kappa shape index (κ1) is 16.5. The van der Waals surface area contributed by atoms with Crippen molar-refractivity contribution in [2.45, 2.75) is 25.4 Å². The van der Waals surface area contributed by atoms with Crippen molar-refractivity contribution < 1.29 is 9.90 Å². The maximum Gasteiger partial charge on any atom is 0.222 e. The van der Waals surface area contributed by atoms with E-state index >= 15 is 0 Å². The van der Waals surface area contributed by atoms with E-state index in [9.17, 15) is 9.90 Å². The molecule has 0 bridgehead atoms. The predicted molar refractivity (Wildman–Crippen MR) is 88.8 cm³/mol. The summed E-state index contributed by atoms with van der Waals surface area (Å²) >= 11 is 5.83. The van der Waals surface area contributed by atoms with E-state index in [4.69, 9.17) is 11.6 Å². The standard InChI is InChI=1S/C18H20ClNO2/c19-16-10-8-14(9-11-16)5-4-12-20-18(22)13-17(21)15-6-2-1-3-7-15/h1-3,6-11,17,21H,4-5,12-13H2,(H,20,22). The Morgan fingerprint density at radius 3 is 2.45 bits per heavy atom. The SMILES string of the molecule is O=C(CC(O)c1ccccc1)NCCCc1ccc(Cl)cc1. The molecule has 3 nitrogen and oxygen atoms in total. The number of carbonyl (C=O) groups is 1. The molecule has 0 aromatic heterocycles. The third kappa shape index (κ3) is 5.51. The molecule has 0 radical (unpaired) electrons. The fourth-order valence-corrected chi connectivity index (χ4v) is 2.34. The van der Waals surface area contributed by atoms with Gasteiger partial charge in [-0.3, -0.25) is 4.79 Å². The van der Waals surface area contributed by atoms with Crippen LogP contribution >= 0.6 is 11.6 Å². The van der Waals surface area contributed by atoms with Gasteiger partial charge in [-0.25, -0.2) is 0 Å². The quantitative estimate of drug-likeness (QED) is 0.768. The number of hydrogen-bond acceptors (Lipinski definition) is 2. The lowest BCUT2D eigenvalue weighted by Crippen LogP contribution is -2.26. The summed E-state index contributed by atoms with van der Waals surface area (Å²) in [6, 6.07) is 16.9. The molecule has 2 aromatic carbocycles. The van der Waals surface area contributed by atoms with Crippen LogP contribution in [0.1, 0.15) is 30.1 Å². The maximum atomic E-state index is 11.8. The van der Waals surface area contributed by atoms with E-state index in [0.29, 0.717) is 6.54 Å². The number of rotatable bonds is 7. The van der Waals surface area contributed by atoms with Crippen molar-refractivity contribution >= 4 is 17.5 Å². The average molecular weight is 318 g/mol. The Labute approximate surface area is 135 Å². The Hall–Kier alpha value is -1.84. The lowest BCUT2D eigenvalue weighted by atomic mass is 10.1. The van der Waals surface area contributed by atoms with Crippen LogP contribution in [0.5, 0.6) is 0 Å². The smallest absolute Gasteiger partial charge is 0.222 e. The molecule has 1 amide bonds. The minimum Gasteiger partial charge on any atom is -0.388 e. The van der Waals surface area contributed by atoms with Gasteiger partial charge in [0.2, 0.25) is 5.91 Å². The van der Waals surface area contributed by atoms with E-state index in [1.807, 2.05) is 54.6 Å². The first-order valence-corrected chi connectivity index (χ1v) is 7.77. The summed E-state index contributed by atoms with van der Waals surface area (Å²) < 4.78 is 0. The van der Waals surface area contributed by atoms with Gasteiger partial charge in [0.25, 0.3) is 0 Å². The Morgan fingerprint density at radius 2 is 1.77 bits per heavy atom. The third-order valence-electron chi connectivity index (χ3n) is 3.44. The lowest BCUT2D eigenvalue weighted by Gasteiger charge is -2.11. The summed E-state index contributed by atoms with van der Waals surface area (Å²) in [6.07, 6.45) is 1.08. The van der Waals surface area contributed by atoms with Crippen molar-refractivity contribution in [3.8, 4) is 0 Å². The molecule has 0 saturated heterocycles.